The molecule has 4 rings (SSSR count). The molecule has 0 saturated carbocycles. The monoisotopic (exact) mass is 484 g/mol. The van der Waals surface area contributed by atoms with Crippen molar-refractivity contribution in [2.24, 2.45) is 0 Å². The van der Waals surface area contributed by atoms with Gasteiger partial charge in [0.1, 0.15) is 5.82 Å². The number of hydrogen-bond donors (Lipinski definition) is 1. The van der Waals surface area contributed by atoms with E-state index in [1.807, 2.05) is 0 Å². The van der Waals surface area contributed by atoms with Gasteiger partial charge in [0, 0.05) is 45.5 Å². The molecule has 0 spiro atoms. The number of ether oxygens (including phenoxy) is 1. The number of rotatable bonds is 6. The number of carbonyl (C=O) groups excluding carboxylic acids is 3. The van der Waals surface area contributed by atoms with Gasteiger partial charge in [-0.1, -0.05) is 12.1 Å². The van der Waals surface area contributed by atoms with Gasteiger partial charge in [-0.05, 0) is 43.2 Å². The highest BCUT2D eigenvalue weighted by Crippen LogP contribution is 2.31. The summed E-state index contributed by atoms with van der Waals surface area (Å²) >= 11 is 0. The van der Waals surface area contributed by atoms with E-state index >= 15 is 0 Å². The van der Waals surface area contributed by atoms with Gasteiger partial charge in [-0.3, -0.25) is 14.6 Å². The number of likely N-dealkylation sites (N-methyl/N-ethyl adjacent to an activating group) is 1. The SMILES string of the molecule is CCOC(=O)C1=C(CN2CCCN(C(=O)c3ccco3)CC2)N(C)C(=O)NC1c1ccc(F)cc1. The number of benzene rings is 1. The molecule has 186 valence electrons. The molecule has 3 heterocycles. The second-order valence-corrected chi connectivity index (χ2v) is 8.47. The number of nitrogens with one attached hydrogen (secondary N) is 1. The van der Waals surface area contributed by atoms with Gasteiger partial charge in [0.2, 0.25) is 0 Å². The molecule has 35 heavy (non-hydrogen) atoms. The van der Waals surface area contributed by atoms with Gasteiger partial charge in [0.15, 0.2) is 5.76 Å². The van der Waals surface area contributed by atoms with Crippen molar-refractivity contribution in [1.82, 2.24) is 20.0 Å². The Hall–Kier alpha value is -3.66. The van der Waals surface area contributed by atoms with Crippen LogP contribution in [0.5, 0.6) is 0 Å². The summed E-state index contributed by atoms with van der Waals surface area (Å²) in [6.07, 6.45) is 2.20. The van der Waals surface area contributed by atoms with Crippen molar-refractivity contribution < 1.29 is 27.9 Å². The molecule has 1 fully saturated rings. The van der Waals surface area contributed by atoms with Gasteiger partial charge in [-0.15, -0.1) is 0 Å². The van der Waals surface area contributed by atoms with Crippen LogP contribution in [0.15, 0.2) is 58.3 Å². The van der Waals surface area contributed by atoms with Crippen molar-refractivity contribution in [2.45, 2.75) is 19.4 Å². The summed E-state index contributed by atoms with van der Waals surface area (Å²) < 4.78 is 24.1. The molecule has 0 aliphatic carbocycles. The van der Waals surface area contributed by atoms with E-state index in [1.165, 1.54) is 23.3 Å². The van der Waals surface area contributed by atoms with E-state index in [2.05, 4.69) is 10.2 Å². The normalized spacial score (nSPS) is 19.4. The highest BCUT2D eigenvalue weighted by molar-refractivity contribution is 5.95. The molecule has 2 aliphatic heterocycles. The van der Waals surface area contributed by atoms with Gasteiger partial charge in [-0.25, -0.2) is 14.0 Å². The third kappa shape index (κ3) is 5.37. The molecule has 2 aliphatic rings. The zero-order chi connectivity index (χ0) is 24.9. The second kappa shape index (κ2) is 10.7. The summed E-state index contributed by atoms with van der Waals surface area (Å²) in [5.74, 6) is -0.799. The van der Waals surface area contributed by atoms with E-state index in [-0.39, 0.29) is 18.5 Å². The summed E-state index contributed by atoms with van der Waals surface area (Å²) in [5.41, 5.74) is 1.42. The Balaban J connectivity index is 1.60. The van der Waals surface area contributed by atoms with Crippen molar-refractivity contribution in [3.8, 4) is 0 Å². The quantitative estimate of drug-likeness (QED) is 0.634. The first-order valence-electron chi connectivity index (χ1n) is 11.6. The first-order valence-corrected chi connectivity index (χ1v) is 11.6. The number of urea groups is 1. The molecular formula is C25H29FN4O5. The van der Waals surface area contributed by atoms with E-state index in [0.717, 1.165) is 6.42 Å². The highest BCUT2D eigenvalue weighted by atomic mass is 19.1. The third-order valence-corrected chi connectivity index (χ3v) is 6.26. The second-order valence-electron chi connectivity index (χ2n) is 8.47. The summed E-state index contributed by atoms with van der Waals surface area (Å²) in [6.45, 7) is 4.51. The molecule has 3 amide bonds. The Morgan fingerprint density at radius 1 is 1.14 bits per heavy atom. The van der Waals surface area contributed by atoms with E-state index < -0.39 is 17.8 Å². The minimum atomic E-state index is -0.766. The van der Waals surface area contributed by atoms with Gasteiger partial charge in [-0.2, -0.15) is 0 Å². The zero-order valence-corrected chi connectivity index (χ0v) is 19.8. The fraction of sp³-hybridized carbons (Fsp3) is 0.400. The fourth-order valence-corrected chi connectivity index (χ4v) is 4.40. The van der Waals surface area contributed by atoms with E-state index in [4.69, 9.17) is 9.15 Å². The maximum atomic E-state index is 13.5. The van der Waals surface area contributed by atoms with Crippen LogP contribution < -0.4 is 5.32 Å². The fourth-order valence-electron chi connectivity index (χ4n) is 4.40. The van der Waals surface area contributed by atoms with Crippen LogP contribution in [-0.2, 0) is 9.53 Å². The number of nitrogens with zero attached hydrogens (tertiary/aromatic N) is 3. The summed E-state index contributed by atoms with van der Waals surface area (Å²) in [7, 11) is 1.61. The molecule has 2 aromatic rings. The van der Waals surface area contributed by atoms with Crippen LogP contribution >= 0.6 is 0 Å². The molecule has 9 nitrogen and oxygen atoms in total. The molecule has 1 saturated heterocycles. The third-order valence-electron chi connectivity index (χ3n) is 6.26. The topological polar surface area (TPSA) is 95.3 Å². The minimum Gasteiger partial charge on any atom is -0.463 e. The Kier molecular flexibility index (Phi) is 7.50. The zero-order valence-electron chi connectivity index (χ0n) is 19.8. The van der Waals surface area contributed by atoms with Crippen LogP contribution in [0, 0.1) is 5.82 Å². The lowest BCUT2D eigenvalue weighted by Crippen LogP contribution is -2.49. The van der Waals surface area contributed by atoms with Crippen LogP contribution in [-0.4, -0.2) is 79.0 Å². The molecule has 0 bridgehead atoms. The average Bonchev–Trinajstić information content (AvgIpc) is 3.29. The molecule has 1 aromatic carbocycles. The predicted molar refractivity (Wildman–Crippen MR) is 125 cm³/mol. The standard InChI is InChI=1S/C25H29FN4O5/c1-3-34-24(32)21-19(28(2)25(33)27-22(21)17-7-9-18(26)10-8-17)16-29-11-5-12-30(14-13-29)23(31)20-6-4-15-35-20/h4,6-10,15,22H,3,5,11-14,16H2,1-2H3,(H,27,33). The van der Waals surface area contributed by atoms with Gasteiger partial charge >= 0.3 is 12.0 Å². The molecular weight excluding hydrogens is 455 g/mol. The average molecular weight is 485 g/mol. The van der Waals surface area contributed by atoms with Crippen LogP contribution in [0.3, 0.4) is 0 Å². The Bertz CT molecular complexity index is 1100. The molecule has 10 heteroatoms. The summed E-state index contributed by atoms with van der Waals surface area (Å²) in [5, 5.41) is 2.83. The summed E-state index contributed by atoms with van der Waals surface area (Å²) in [4.78, 5) is 43.9. The number of amides is 3. The van der Waals surface area contributed by atoms with Crippen molar-refractivity contribution in [3.05, 3.63) is 71.1 Å². The number of halogens is 1. The lowest BCUT2D eigenvalue weighted by Gasteiger charge is -2.36. The van der Waals surface area contributed by atoms with E-state index in [0.29, 0.717) is 55.3 Å². The Labute approximate surface area is 203 Å². The smallest absolute Gasteiger partial charge is 0.338 e. The predicted octanol–water partition coefficient (Wildman–Crippen LogP) is 2.78. The highest BCUT2D eigenvalue weighted by Gasteiger charge is 2.37. The number of esters is 1. The van der Waals surface area contributed by atoms with Crippen molar-refractivity contribution in [2.75, 3.05) is 46.4 Å². The maximum Gasteiger partial charge on any atom is 0.338 e. The number of furan rings is 1. The van der Waals surface area contributed by atoms with Gasteiger partial charge in [0.25, 0.3) is 5.91 Å². The molecule has 1 aromatic heterocycles. The van der Waals surface area contributed by atoms with Crippen molar-refractivity contribution >= 4 is 17.9 Å². The van der Waals surface area contributed by atoms with Crippen LogP contribution in [0.2, 0.25) is 0 Å². The Morgan fingerprint density at radius 2 is 1.91 bits per heavy atom. The molecule has 0 radical (unpaired) electrons. The summed E-state index contributed by atoms with van der Waals surface area (Å²) in [6, 6.07) is 7.88. The van der Waals surface area contributed by atoms with Crippen LogP contribution in [0.4, 0.5) is 9.18 Å². The van der Waals surface area contributed by atoms with Crippen LogP contribution in [0.1, 0.15) is 35.5 Å². The first-order chi connectivity index (χ1) is 16.9. The maximum absolute atomic E-state index is 13.5. The van der Waals surface area contributed by atoms with E-state index in [1.54, 1.807) is 43.1 Å². The molecule has 1 atom stereocenters. The Morgan fingerprint density at radius 3 is 2.60 bits per heavy atom. The van der Waals surface area contributed by atoms with Gasteiger partial charge < -0.3 is 19.4 Å². The minimum absolute atomic E-state index is 0.159. The van der Waals surface area contributed by atoms with Gasteiger partial charge in [0.05, 0.1) is 24.5 Å². The van der Waals surface area contributed by atoms with E-state index in [9.17, 15) is 18.8 Å². The lowest BCUT2D eigenvalue weighted by atomic mass is 9.94. The lowest BCUT2D eigenvalue weighted by molar-refractivity contribution is -0.139. The molecule has 1 N–H and O–H groups in total. The van der Waals surface area contributed by atoms with Crippen molar-refractivity contribution in [3.63, 3.8) is 0 Å². The van der Waals surface area contributed by atoms with Crippen LogP contribution in [0.25, 0.3) is 0 Å². The molecule has 1 unspecified atom stereocenters. The number of carbonyl (C=O) groups is 3. The number of hydrogen-bond acceptors (Lipinski definition) is 6. The largest absolute Gasteiger partial charge is 0.463 e. The first kappa shape index (κ1) is 24.5. The van der Waals surface area contributed by atoms with Crippen molar-refractivity contribution in [1.29, 1.82) is 0 Å².